The summed E-state index contributed by atoms with van der Waals surface area (Å²) in [4.78, 5) is 4.35. The van der Waals surface area contributed by atoms with Crippen molar-refractivity contribution in [1.82, 2.24) is 13.6 Å². The number of hydrogen-bond donors (Lipinski definition) is 0. The summed E-state index contributed by atoms with van der Waals surface area (Å²) in [5.41, 5.74) is 0. The average molecular weight is 570 g/mol. The van der Waals surface area contributed by atoms with Crippen LogP contribution in [0.15, 0.2) is 71.9 Å². The van der Waals surface area contributed by atoms with Gasteiger partial charge >= 0.3 is 0 Å². The summed E-state index contributed by atoms with van der Waals surface area (Å²) >= 11 is 0. The molecule has 3 saturated heterocycles. The van der Waals surface area contributed by atoms with Crippen molar-refractivity contribution >= 4 is 30.8 Å². The molecule has 0 radical (unpaired) electrons. The van der Waals surface area contributed by atoms with Crippen LogP contribution in [0.1, 0.15) is 51.4 Å². The summed E-state index contributed by atoms with van der Waals surface area (Å²) < 4.78 is 63.8. The second-order valence-electron chi connectivity index (χ2n) is 11.0. The lowest BCUT2D eigenvalue weighted by atomic mass is 10.0. The van der Waals surface area contributed by atoms with E-state index in [0.29, 0.717) is 37.1 Å². The van der Waals surface area contributed by atoms with E-state index in [4.69, 9.17) is 4.74 Å². The van der Waals surface area contributed by atoms with Crippen LogP contribution in [0, 0.1) is 0 Å². The first-order valence-corrected chi connectivity index (χ1v) is 17.0. The zero-order valence-corrected chi connectivity index (χ0v) is 23.6. The molecule has 3 aliphatic rings. The molecule has 1 aromatic heterocycles. The largest absolute Gasteiger partial charge is 0.490 e. The molecule has 39 heavy (non-hydrogen) atoms. The molecule has 3 aliphatic heterocycles. The molecule has 208 valence electrons. The predicted molar refractivity (Wildman–Crippen MR) is 150 cm³/mol. The molecule has 4 heterocycles. The van der Waals surface area contributed by atoms with Crippen molar-refractivity contribution in [3.05, 3.63) is 67.0 Å². The minimum absolute atomic E-state index is 0.00247. The van der Waals surface area contributed by atoms with Gasteiger partial charge in [0, 0.05) is 55.3 Å². The van der Waals surface area contributed by atoms with Gasteiger partial charge in [0.05, 0.1) is 10.6 Å². The molecule has 3 aromatic rings. The van der Waals surface area contributed by atoms with E-state index in [1.54, 1.807) is 33.1 Å². The number of pyridine rings is 1. The quantitative estimate of drug-likeness (QED) is 0.375. The lowest BCUT2D eigenvalue weighted by molar-refractivity contribution is 0.0956. The zero-order chi connectivity index (χ0) is 27.0. The van der Waals surface area contributed by atoms with Crippen LogP contribution in [0.25, 0.3) is 10.8 Å². The van der Waals surface area contributed by atoms with Crippen molar-refractivity contribution in [2.75, 3.05) is 12.3 Å². The standard InChI is InChI=1S/C29H35N3O5S2/c33-38(34,32-24-12-13-25(32)21-27(20-24)37-26-14-16-30-17-15-26)19-5-9-23-8-4-18-31(23)39(35,36)29-11-3-7-22-6-1-2-10-28(22)29/h1-3,6-7,10-11,14-17,23-25,27H,4-5,8-9,12-13,18-21H2/t23-,24-,25+,27?/m0/s1. The van der Waals surface area contributed by atoms with Gasteiger partial charge in [0.15, 0.2) is 0 Å². The molecule has 3 fully saturated rings. The summed E-state index contributed by atoms with van der Waals surface area (Å²) in [6.07, 6.45) is 9.04. The Labute approximate surface area is 231 Å². The number of piperidine rings is 1. The summed E-state index contributed by atoms with van der Waals surface area (Å²) in [6, 6.07) is 16.3. The van der Waals surface area contributed by atoms with E-state index in [1.807, 2.05) is 42.5 Å². The van der Waals surface area contributed by atoms with Gasteiger partial charge < -0.3 is 4.74 Å². The van der Waals surface area contributed by atoms with E-state index in [-0.39, 0.29) is 30.0 Å². The Morgan fingerprint density at radius 3 is 2.36 bits per heavy atom. The average Bonchev–Trinajstić information content (AvgIpc) is 3.52. The Hall–Kier alpha value is -2.53. The van der Waals surface area contributed by atoms with E-state index in [9.17, 15) is 16.8 Å². The highest BCUT2D eigenvalue weighted by molar-refractivity contribution is 7.89. The molecular formula is C29H35N3O5S2. The van der Waals surface area contributed by atoms with Gasteiger partial charge in [-0.2, -0.15) is 8.61 Å². The molecule has 0 amide bonds. The number of rotatable bonds is 9. The number of fused-ring (bicyclic) bond motifs is 3. The summed E-state index contributed by atoms with van der Waals surface area (Å²) in [6.45, 7) is 0.470. The molecule has 6 rings (SSSR count). The molecule has 2 bridgehead atoms. The maximum absolute atomic E-state index is 13.7. The highest BCUT2D eigenvalue weighted by Crippen LogP contribution is 2.40. The van der Waals surface area contributed by atoms with Gasteiger partial charge in [0.25, 0.3) is 0 Å². The molecule has 4 atom stereocenters. The molecule has 0 N–H and O–H groups in total. The van der Waals surface area contributed by atoms with Crippen LogP contribution in [0.2, 0.25) is 0 Å². The minimum Gasteiger partial charge on any atom is -0.490 e. The molecular weight excluding hydrogens is 534 g/mol. The smallest absolute Gasteiger partial charge is 0.243 e. The number of hydrogen-bond acceptors (Lipinski definition) is 6. The van der Waals surface area contributed by atoms with Gasteiger partial charge in [-0.3, -0.25) is 4.98 Å². The SMILES string of the molecule is O=S(=O)(CCC[C@@H]1CCCN1S(=O)(=O)c1cccc2ccccc12)N1[C@@H]2CC[C@H]1CC(Oc1ccncc1)C2. The second-order valence-corrected chi connectivity index (χ2v) is 14.8. The molecule has 0 aliphatic carbocycles. The van der Waals surface area contributed by atoms with Crippen LogP contribution in [-0.2, 0) is 20.0 Å². The number of benzene rings is 2. The van der Waals surface area contributed by atoms with Crippen LogP contribution in [0.3, 0.4) is 0 Å². The van der Waals surface area contributed by atoms with Crippen LogP contribution in [-0.4, -0.2) is 67.0 Å². The molecule has 8 nitrogen and oxygen atoms in total. The summed E-state index contributed by atoms with van der Waals surface area (Å²) in [5.74, 6) is 0.819. The highest BCUT2D eigenvalue weighted by Gasteiger charge is 2.47. The lowest BCUT2D eigenvalue weighted by Gasteiger charge is -2.38. The Balaban J connectivity index is 1.09. The lowest BCUT2D eigenvalue weighted by Crippen LogP contribution is -2.50. The van der Waals surface area contributed by atoms with Gasteiger partial charge in [0.2, 0.25) is 20.0 Å². The molecule has 0 saturated carbocycles. The highest BCUT2D eigenvalue weighted by atomic mass is 32.2. The zero-order valence-electron chi connectivity index (χ0n) is 21.9. The molecule has 2 aromatic carbocycles. The van der Waals surface area contributed by atoms with E-state index in [1.165, 1.54) is 0 Å². The van der Waals surface area contributed by atoms with Gasteiger partial charge in [-0.25, -0.2) is 16.8 Å². The fraction of sp³-hybridized carbons (Fsp3) is 0.483. The maximum atomic E-state index is 13.7. The molecule has 0 spiro atoms. The maximum Gasteiger partial charge on any atom is 0.243 e. The fourth-order valence-electron chi connectivity index (χ4n) is 6.81. The monoisotopic (exact) mass is 569 g/mol. The van der Waals surface area contributed by atoms with Crippen molar-refractivity contribution in [3.8, 4) is 5.75 Å². The molecule has 1 unspecified atom stereocenters. The van der Waals surface area contributed by atoms with Crippen molar-refractivity contribution in [1.29, 1.82) is 0 Å². The summed E-state index contributed by atoms with van der Waals surface area (Å²) in [5, 5.41) is 1.62. The van der Waals surface area contributed by atoms with Crippen molar-refractivity contribution < 1.29 is 21.6 Å². The van der Waals surface area contributed by atoms with Crippen LogP contribution >= 0.6 is 0 Å². The fourth-order valence-corrected chi connectivity index (χ4v) is 10.8. The van der Waals surface area contributed by atoms with Gasteiger partial charge in [-0.1, -0.05) is 36.4 Å². The number of aromatic nitrogens is 1. The Morgan fingerprint density at radius 2 is 1.59 bits per heavy atom. The Morgan fingerprint density at radius 1 is 0.872 bits per heavy atom. The first-order valence-electron chi connectivity index (χ1n) is 13.9. The Kier molecular flexibility index (Phi) is 7.39. The topological polar surface area (TPSA) is 96.9 Å². The second kappa shape index (κ2) is 10.8. The Bertz CT molecular complexity index is 1510. The van der Waals surface area contributed by atoms with Crippen LogP contribution < -0.4 is 4.74 Å². The first-order chi connectivity index (χ1) is 18.8. The third kappa shape index (κ3) is 5.31. The minimum atomic E-state index is -3.68. The summed E-state index contributed by atoms with van der Waals surface area (Å²) in [7, 11) is -7.13. The van der Waals surface area contributed by atoms with Crippen molar-refractivity contribution in [2.45, 2.75) is 80.5 Å². The van der Waals surface area contributed by atoms with Gasteiger partial charge in [-0.05, 0) is 62.1 Å². The van der Waals surface area contributed by atoms with E-state index in [2.05, 4.69) is 4.98 Å². The van der Waals surface area contributed by atoms with E-state index in [0.717, 1.165) is 42.2 Å². The van der Waals surface area contributed by atoms with Gasteiger partial charge in [0.1, 0.15) is 11.9 Å². The third-order valence-electron chi connectivity index (χ3n) is 8.50. The van der Waals surface area contributed by atoms with Gasteiger partial charge in [-0.15, -0.1) is 0 Å². The number of nitrogens with zero attached hydrogens (tertiary/aromatic N) is 3. The van der Waals surface area contributed by atoms with Crippen molar-refractivity contribution in [3.63, 3.8) is 0 Å². The number of sulfonamides is 2. The number of ether oxygens (including phenoxy) is 1. The first kappa shape index (κ1) is 26.7. The van der Waals surface area contributed by atoms with Crippen LogP contribution in [0.5, 0.6) is 5.75 Å². The van der Waals surface area contributed by atoms with E-state index < -0.39 is 20.0 Å². The van der Waals surface area contributed by atoms with E-state index >= 15 is 0 Å². The normalized spacial score (nSPS) is 26.3. The molecule has 10 heteroatoms. The van der Waals surface area contributed by atoms with Crippen LogP contribution in [0.4, 0.5) is 0 Å². The van der Waals surface area contributed by atoms with Crippen molar-refractivity contribution in [2.24, 2.45) is 0 Å². The third-order valence-corrected chi connectivity index (χ3v) is 12.5. The predicted octanol–water partition coefficient (Wildman–Crippen LogP) is 4.57.